The summed E-state index contributed by atoms with van der Waals surface area (Å²) in [5.41, 5.74) is 4.59. The molecule has 0 saturated carbocycles. The molecule has 0 unspecified atom stereocenters. The number of hydrogen-bond acceptors (Lipinski definition) is 7. The number of H-pyrrole nitrogens is 1. The van der Waals surface area contributed by atoms with Crippen LogP contribution in [0.4, 0.5) is 11.5 Å². The summed E-state index contributed by atoms with van der Waals surface area (Å²) in [6.07, 6.45) is 7.67. The van der Waals surface area contributed by atoms with Crippen molar-refractivity contribution in [1.82, 2.24) is 25.1 Å². The zero-order chi connectivity index (χ0) is 23.7. The lowest BCUT2D eigenvalue weighted by molar-refractivity contribution is 0.0983. The van der Waals surface area contributed by atoms with Crippen molar-refractivity contribution in [2.75, 3.05) is 37.1 Å². The van der Waals surface area contributed by atoms with E-state index in [1.54, 1.807) is 6.20 Å². The van der Waals surface area contributed by atoms with E-state index in [0.29, 0.717) is 11.1 Å². The molecular formula is C25H28N8O. The number of hydrazine groups is 1. The van der Waals surface area contributed by atoms with E-state index >= 15 is 0 Å². The molecule has 9 nitrogen and oxygen atoms in total. The fraction of sp³-hybridized carbons (Fsp3) is 0.280. The molecule has 9 heteroatoms. The first-order valence-corrected chi connectivity index (χ1v) is 11.4. The topological polar surface area (TPSA) is 107 Å². The number of anilines is 2. The van der Waals surface area contributed by atoms with Gasteiger partial charge in [-0.2, -0.15) is 5.10 Å². The lowest BCUT2D eigenvalue weighted by Crippen LogP contribution is -2.38. The highest BCUT2D eigenvalue weighted by atomic mass is 16.2. The van der Waals surface area contributed by atoms with Crippen molar-refractivity contribution < 1.29 is 4.79 Å². The summed E-state index contributed by atoms with van der Waals surface area (Å²) in [5.74, 6) is 6.70. The first-order chi connectivity index (χ1) is 16.5. The molecule has 5 rings (SSSR count). The predicted octanol–water partition coefficient (Wildman–Crippen LogP) is 3.20. The Labute approximate surface area is 198 Å². The van der Waals surface area contributed by atoms with Gasteiger partial charge in [0.25, 0.3) is 5.91 Å². The maximum Gasteiger partial charge on any atom is 0.293 e. The Balaban J connectivity index is 1.42. The summed E-state index contributed by atoms with van der Waals surface area (Å²) in [7, 11) is 4.05. The van der Waals surface area contributed by atoms with Gasteiger partial charge in [-0.1, -0.05) is 6.07 Å². The zero-order valence-corrected chi connectivity index (χ0v) is 19.4. The second-order valence-electron chi connectivity index (χ2n) is 8.90. The van der Waals surface area contributed by atoms with Crippen LogP contribution >= 0.6 is 0 Å². The molecule has 0 bridgehead atoms. The van der Waals surface area contributed by atoms with Crippen molar-refractivity contribution in [3.8, 4) is 11.1 Å². The minimum Gasteiger partial charge on any atom is -0.357 e. The SMILES string of the molecule is CN(C)Cc1cncc(-c2ccc3[nH]nc(C(=O)N(N)c4ccc(N5CCCC5)nc4)c3c2)c1. The fourth-order valence-corrected chi connectivity index (χ4v) is 4.34. The summed E-state index contributed by atoms with van der Waals surface area (Å²) in [5, 5.41) is 9.01. The number of carbonyl (C=O) groups is 1. The highest BCUT2D eigenvalue weighted by Gasteiger charge is 2.22. The smallest absolute Gasteiger partial charge is 0.293 e. The van der Waals surface area contributed by atoms with E-state index in [1.807, 2.05) is 56.8 Å². The molecule has 1 aliphatic rings. The molecule has 0 aliphatic carbocycles. The van der Waals surface area contributed by atoms with Crippen molar-refractivity contribution in [3.63, 3.8) is 0 Å². The third-order valence-electron chi connectivity index (χ3n) is 6.05. The van der Waals surface area contributed by atoms with Crippen LogP contribution < -0.4 is 15.8 Å². The number of amides is 1. The molecule has 4 heterocycles. The van der Waals surface area contributed by atoms with Gasteiger partial charge in [0.1, 0.15) is 5.82 Å². The Morgan fingerprint density at radius 3 is 2.62 bits per heavy atom. The number of nitrogens with one attached hydrogen (secondary N) is 1. The van der Waals surface area contributed by atoms with E-state index in [2.05, 4.69) is 36.0 Å². The Morgan fingerprint density at radius 2 is 1.88 bits per heavy atom. The number of carbonyl (C=O) groups excluding carboxylic acids is 1. The van der Waals surface area contributed by atoms with Crippen molar-refractivity contribution in [3.05, 3.63) is 66.2 Å². The Morgan fingerprint density at radius 1 is 1.06 bits per heavy atom. The first-order valence-electron chi connectivity index (χ1n) is 11.4. The maximum atomic E-state index is 13.2. The third-order valence-corrected chi connectivity index (χ3v) is 6.05. The first kappa shape index (κ1) is 22.0. The Hall–Kier alpha value is -3.82. The molecule has 3 aromatic heterocycles. The standard InChI is InChI=1S/C25H28N8O/c1-31(2)16-17-11-19(14-27-13-17)18-5-7-22-21(12-18)24(30-29-22)25(34)33(26)20-6-8-23(28-15-20)32-9-3-4-10-32/h5-8,11-15H,3-4,9-10,16,26H2,1-2H3,(H,29,30). The molecule has 34 heavy (non-hydrogen) atoms. The number of nitrogens with two attached hydrogens (primary N) is 1. The zero-order valence-electron chi connectivity index (χ0n) is 19.4. The molecular weight excluding hydrogens is 428 g/mol. The average molecular weight is 457 g/mol. The Bertz CT molecular complexity index is 1310. The van der Waals surface area contributed by atoms with Gasteiger partial charge in [-0.15, -0.1) is 0 Å². The molecule has 1 amide bonds. The molecule has 1 aromatic carbocycles. The van der Waals surface area contributed by atoms with Gasteiger partial charge in [-0.05, 0) is 68.4 Å². The second-order valence-corrected chi connectivity index (χ2v) is 8.90. The van der Waals surface area contributed by atoms with Crippen molar-refractivity contribution in [1.29, 1.82) is 0 Å². The maximum absolute atomic E-state index is 13.2. The predicted molar refractivity (Wildman–Crippen MR) is 133 cm³/mol. The average Bonchev–Trinajstić information content (AvgIpc) is 3.53. The van der Waals surface area contributed by atoms with E-state index in [9.17, 15) is 4.79 Å². The number of aromatic amines is 1. The summed E-state index contributed by atoms with van der Waals surface area (Å²) < 4.78 is 0. The third kappa shape index (κ3) is 4.35. The van der Waals surface area contributed by atoms with Crippen LogP contribution in [0.2, 0.25) is 0 Å². The molecule has 0 spiro atoms. The second kappa shape index (κ2) is 9.20. The molecule has 0 atom stereocenters. The summed E-state index contributed by atoms with van der Waals surface area (Å²) >= 11 is 0. The number of fused-ring (bicyclic) bond motifs is 1. The van der Waals surface area contributed by atoms with Crippen LogP contribution in [0.3, 0.4) is 0 Å². The van der Waals surface area contributed by atoms with Gasteiger partial charge in [-0.25, -0.2) is 15.8 Å². The number of benzene rings is 1. The van der Waals surface area contributed by atoms with Crippen molar-refractivity contribution in [2.45, 2.75) is 19.4 Å². The minimum atomic E-state index is -0.404. The van der Waals surface area contributed by atoms with Crippen LogP contribution in [-0.4, -0.2) is 58.2 Å². The van der Waals surface area contributed by atoms with Gasteiger partial charge in [0.15, 0.2) is 5.69 Å². The van der Waals surface area contributed by atoms with Gasteiger partial charge in [0.2, 0.25) is 0 Å². The lowest BCUT2D eigenvalue weighted by atomic mass is 10.0. The van der Waals surface area contributed by atoms with E-state index in [1.165, 1.54) is 12.8 Å². The number of aromatic nitrogens is 4. The summed E-state index contributed by atoms with van der Waals surface area (Å²) in [4.78, 5) is 26.5. The van der Waals surface area contributed by atoms with E-state index in [4.69, 9.17) is 5.84 Å². The summed E-state index contributed by atoms with van der Waals surface area (Å²) in [6.45, 7) is 2.81. The van der Waals surface area contributed by atoms with Gasteiger partial charge < -0.3 is 9.80 Å². The van der Waals surface area contributed by atoms with Crippen LogP contribution in [-0.2, 0) is 6.54 Å². The van der Waals surface area contributed by atoms with Crippen LogP contribution in [0.1, 0.15) is 28.9 Å². The largest absolute Gasteiger partial charge is 0.357 e. The van der Waals surface area contributed by atoms with Crippen molar-refractivity contribution >= 4 is 28.3 Å². The number of nitrogens with zero attached hydrogens (tertiary/aromatic N) is 6. The van der Waals surface area contributed by atoms with Gasteiger partial charge in [0.05, 0.1) is 17.4 Å². The Kier molecular flexibility index (Phi) is 5.95. The minimum absolute atomic E-state index is 0.264. The lowest BCUT2D eigenvalue weighted by Gasteiger charge is -2.19. The molecule has 1 aliphatic heterocycles. The normalized spacial score (nSPS) is 13.7. The monoisotopic (exact) mass is 456 g/mol. The fourth-order valence-electron chi connectivity index (χ4n) is 4.34. The van der Waals surface area contributed by atoms with Gasteiger partial charge in [0, 0.05) is 43.0 Å². The van der Waals surface area contributed by atoms with Crippen molar-refractivity contribution in [2.24, 2.45) is 5.84 Å². The summed E-state index contributed by atoms with van der Waals surface area (Å²) in [6, 6.07) is 11.7. The highest BCUT2D eigenvalue weighted by Crippen LogP contribution is 2.27. The van der Waals surface area contributed by atoms with E-state index < -0.39 is 5.91 Å². The van der Waals surface area contributed by atoms with Gasteiger partial charge in [-0.3, -0.25) is 14.9 Å². The molecule has 174 valence electrons. The number of pyridine rings is 2. The van der Waals surface area contributed by atoms with Crippen LogP contribution in [0.15, 0.2) is 55.0 Å². The van der Waals surface area contributed by atoms with Crippen LogP contribution in [0.5, 0.6) is 0 Å². The molecule has 3 N–H and O–H groups in total. The highest BCUT2D eigenvalue weighted by molar-refractivity contribution is 6.12. The van der Waals surface area contributed by atoms with Crippen LogP contribution in [0, 0.1) is 0 Å². The number of hydrogen-bond donors (Lipinski definition) is 2. The van der Waals surface area contributed by atoms with Crippen LogP contribution in [0.25, 0.3) is 22.0 Å². The van der Waals surface area contributed by atoms with E-state index in [0.717, 1.165) is 52.7 Å². The molecule has 0 radical (unpaired) electrons. The number of rotatable bonds is 6. The molecule has 4 aromatic rings. The van der Waals surface area contributed by atoms with Gasteiger partial charge >= 0.3 is 0 Å². The molecule has 1 fully saturated rings. The molecule has 1 saturated heterocycles. The quantitative estimate of drug-likeness (QED) is 0.261. The van der Waals surface area contributed by atoms with E-state index in [-0.39, 0.29) is 5.69 Å².